The first kappa shape index (κ1) is 14.3. The molecule has 1 atom stereocenters. The Hall–Kier alpha value is -1.68. The van der Waals surface area contributed by atoms with Crippen LogP contribution in [-0.4, -0.2) is 10.1 Å². The molecule has 0 unspecified atom stereocenters. The number of benzene rings is 1. The average molecular weight is 285 g/mol. The largest absolute Gasteiger partial charge is 0.337 e. The highest BCUT2D eigenvalue weighted by Crippen LogP contribution is 2.41. The number of rotatable bonds is 3. The molecule has 0 amide bonds. The van der Waals surface area contributed by atoms with Crippen LogP contribution in [0.3, 0.4) is 0 Å². The summed E-state index contributed by atoms with van der Waals surface area (Å²) < 4.78 is 5.40. The lowest BCUT2D eigenvalue weighted by Crippen LogP contribution is -2.21. The fourth-order valence-electron chi connectivity index (χ4n) is 3.00. The van der Waals surface area contributed by atoms with Crippen molar-refractivity contribution in [2.75, 3.05) is 0 Å². The van der Waals surface area contributed by atoms with Crippen molar-refractivity contribution in [3.05, 3.63) is 47.6 Å². The third kappa shape index (κ3) is 3.16. The third-order valence-electron chi connectivity index (χ3n) is 4.59. The van der Waals surface area contributed by atoms with Gasteiger partial charge < -0.3 is 10.3 Å². The number of nitrogens with zero attached hydrogens (tertiary/aromatic N) is 2. The molecule has 112 valence electrons. The molecule has 0 aliphatic heterocycles. The van der Waals surface area contributed by atoms with Gasteiger partial charge in [-0.15, -0.1) is 0 Å². The molecule has 4 nitrogen and oxygen atoms in total. The van der Waals surface area contributed by atoms with Crippen LogP contribution in [0.2, 0.25) is 0 Å². The Morgan fingerprint density at radius 2 is 1.86 bits per heavy atom. The van der Waals surface area contributed by atoms with Gasteiger partial charge in [0.1, 0.15) is 6.04 Å². The molecule has 4 heteroatoms. The van der Waals surface area contributed by atoms with Gasteiger partial charge in [0, 0.05) is 5.92 Å². The molecule has 21 heavy (non-hydrogen) atoms. The molecule has 0 spiro atoms. The lowest BCUT2D eigenvalue weighted by atomic mass is 9.73. The number of aromatic nitrogens is 2. The van der Waals surface area contributed by atoms with Crippen LogP contribution >= 0.6 is 0 Å². The van der Waals surface area contributed by atoms with E-state index in [4.69, 9.17) is 10.3 Å². The highest BCUT2D eigenvalue weighted by atomic mass is 16.5. The Bertz CT molecular complexity index is 581. The zero-order valence-corrected chi connectivity index (χ0v) is 12.7. The second-order valence-corrected chi connectivity index (χ2v) is 6.82. The van der Waals surface area contributed by atoms with E-state index in [0.717, 1.165) is 24.2 Å². The van der Waals surface area contributed by atoms with E-state index in [1.807, 2.05) is 30.3 Å². The summed E-state index contributed by atoms with van der Waals surface area (Å²) in [5.74, 6) is 1.76. The smallest absolute Gasteiger partial charge is 0.248 e. The van der Waals surface area contributed by atoms with Crippen LogP contribution in [0.25, 0.3) is 0 Å². The maximum Gasteiger partial charge on any atom is 0.248 e. The minimum absolute atomic E-state index is 0.340. The van der Waals surface area contributed by atoms with Gasteiger partial charge in [-0.1, -0.05) is 49.3 Å². The predicted molar refractivity (Wildman–Crippen MR) is 81.8 cm³/mol. The molecule has 0 saturated heterocycles. The topological polar surface area (TPSA) is 64.9 Å². The lowest BCUT2D eigenvalue weighted by molar-refractivity contribution is 0.218. The normalized spacial score (nSPS) is 20.3. The Morgan fingerprint density at radius 3 is 2.52 bits per heavy atom. The standard InChI is InChI=1S/C17H23N3O/c1-17(2)10-8-13(9-11-17)15-19-16(21-20-15)14(18)12-6-4-3-5-7-12/h3-7,13-14H,8-11,18H2,1-2H3/t14-/m0/s1. The molecule has 0 radical (unpaired) electrons. The van der Waals surface area contributed by atoms with Gasteiger partial charge in [0.2, 0.25) is 5.89 Å². The number of nitrogens with two attached hydrogens (primary N) is 1. The van der Waals surface area contributed by atoms with Crippen LogP contribution in [0.5, 0.6) is 0 Å². The first-order chi connectivity index (χ1) is 10.1. The minimum Gasteiger partial charge on any atom is -0.337 e. The summed E-state index contributed by atoms with van der Waals surface area (Å²) in [6.45, 7) is 4.66. The van der Waals surface area contributed by atoms with Crippen molar-refractivity contribution in [2.45, 2.75) is 51.5 Å². The average Bonchev–Trinajstić information content (AvgIpc) is 2.97. The molecule has 1 fully saturated rings. The van der Waals surface area contributed by atoms with Crippen LogP contribution in [0.4, 0.5) is 0 Å². The van der Waals surface area contributed by atoms with Crippen LogP contribution in [0.15, 0.2) is 34.9 Å². The Labute approximate surface area is 125 Å². The van der Waals surface area contributed by atoms with Crippen molar-refractivity contribution in [3.63, 3.8) is 0 Å². The minimum atomic E-state index is -0.340. The third-order valence-corrected chi connectivity index (χ3v) is 4.59. The van der Waals surface area contributed by atoms with E-state index in [-0.39, 0.29) is 6.04 Å². The summed E-state index contributed by atoms with van der Waals surface area (Å²) in [6, 6.07) is 9.53. The molecule has 1 saturated carbocycles. The molecule has 2 aromatic rings. The van der Waals surface area contributed by atoms with E-state index in [1.54, 1.807) is 0 Å². The lowest BCUT2D eigenvalue weighted by Gasteiger charge is -2.32. The van der Waals surface area contributed by atoms with Gasteiger partial charge >= 0.3 is 0 Å². The molecule has 0 bridgehead atoms. The molecule has 1 aliphatic carbocycles. The maximum atomic E-state index is 6.21. The first-order valence-corrected chi connectivity index (χ1v) is 7.69. The van der Waals surface area contributed by atoms with Crippen LogP contribution in [0, 0.1) is 5.41 Å². The van der Waals surface area contributed by atoms with E-state index < -0.39 is 0 Å². The van der Waals surface area contributed by atoms with Crippen molar-refractivity contribution in [3.8, 4) is 0 Å². The summed E-state index contributed by atoms with van der Waals surface area (Å²) in [4.78, 5) is 4.56. The second-order valence-electron chi connectivity index (χ2n) is 6.82. The van der Waals surface area contributed by atoms with E-state index in [9.17, 15) is 0 Å². The summed E-state index contributed by atoms with van der Waals surface area (Å²) in [5.41, 5.74) is 7.65. The summed E-state index contributed by atoms with van der Waals surface area (Å²) in [6.07, 6.45) is 4.69. The molecule has 2 N–H and O–H groups in total. The molecular formula is C17H23N3O. The molecular weight excluding hydrogens is 262 g/mol. The maximum absolute atomic E-state index is 6.21. The fraction of sp³-hybridized carbons (Fsp3) is 0.529. The summed E-state index contributed by atoms with van der Waals surface area (Å²) >= 11 is 0. The Balaban J connectivity index is 1.72. The molecule has 1 heterocycles. The zero-order valence-electron chi connectivity index (χ0n) is 12.7. The second kappa shape index (κ2) is 5.60. The first-order valence-electron chi connectivity index (χ1n) is 7.69. The highest BCUT2D eigenvalue weighted by Gasteiger charge is 2.30. The van der Waals surface area contributed by atoms with Crippen molar-refractivity contribution >= 4 is 0 Å². The van der Waals surface area contributed by atoms with Gasteiger partial charge in [0.15, 0.2) is 5.82 Å². The van der Waals surface area contributed by atoms with Gasteiger partial charge in [-0.05, 0) is 36.7 Å². The van der Waals surface area contributed by atoms with Crippen molar-refractivity contribution in [1.82, 2.24) is 10.1 Å². The molecule has 3 rings (SSSR count). The summed E-state index contributed by atoms with van der Waals surface area (Å²) in [7, 11) is 0. The zero-order chi connectivity index (χ0) is 14.9. The fourth-order valence-corrected chi connectivity index (χ4v) is 3.00. The summed E-state index contributed by atoms with van der Waals surface area (Å²) in [5, 5.41) is 4.17. The van der Waals surface area contributed by atoms with Gasteiger partial charge in [0.05, 0.1) is 0 Å². The van der Waals surface area contributed by atoms with Gasteiger partial charge in [-0.3, -0.25) is 0 Å². The molecule has 1 aromatic carbocycles. The van der Waals surface area contributed by atoms with Crippen LogP contribution in [-0.2, 0) is 0 Å². The predicted octanol–water partition coefficient (Wildman–Crippen LogP) is 3.80. The Morgan fingerprint density at radius 1 is 1.19 bits per heavy atom. The van der Waals surface area contributed by atoms with Crippen molar-refractivity contribution in [1.29, 1.82) is 0 Å². The van der Waals surface area contributed by atoms with E-state index in [2.05, 4.69) is 24.0 Å². The van der Waals surface area contributed by atoms with Gasteiger partial charge in [-0.25, -0.2) is 0 Å². The van der Waals surface area contributed by atoms with Crippen molar-refractivity contribution in [2.24, 2.45) is 11.1 Å². The SMILES string of the molecule is CC1(C)CCC(c2noc([C@@H](N)c3ccccc3)n2)CC1. The Kier molecular flexibility index (Phi) is 3.81. The van der Waals surface area contributed by atoms with Crippen LogP contribution in [0.1, 0.15) is 68.8 Å². The van der Waals surface area contributed by atoms with E-state index in [1.165, 1.54) is 12.8 Å². The van der Waals surface area contributed by atoms with Gasteiger partial charge in [0.25, 0.3) is 0 Å². The van der Waals surface area contributed by atoms with E-state index >= 15 is 0 Å². The van der Waals surface area contributed by atoms with E-state index in [0.29, 0.717) is 17.2 Å². The number of hydrogen-bond donors (Lipinski definition) is 1. The quantitative estimate of drug-likeness (QED) is 0.931. The number of hydrogen-bond acceptors (Lipinski definition) is 4. The molecule has 1 aromatic heterocycles. The van der Waals surface area contributed by atoms with Gasteiger partial charge in [-0.2, -0.15) is 4.98 Å². The van der Waals surface area contributed by atoms with Crippen LogP contribution < -0.4 is 5.73 Å². The van der Waals surface area contributed by atoms with Crippen molar-refractivity contribution < 1.29 is 4.52 Å². The highest BCUT2D eigenvalue weighted by molar-refractivity contribution is 5.23. The molecule has 1 aliphatic rings. The monoisotopic (exact) mass is 285 g/mol.